The van der Waals surface area contributed by atoms with Gasteiger partial charge in [0.1, 0.15) is 5.84 Å². The molecule has 0 aliphatic heterocycles. The summed E-state index contributed by atoms with van der Waals surface area (Å²) in [5.41, 5.74) is 9.10. The quantitative estimate of drug-likeness (QED) is 0.481. The summed E-state index contributed by atoms with van der Waals surface area (Å²) in [5.74, 6) is 0.189. The van der Waals surface area contributed by atoms with E-state index >= 15 is 0 Å². The summed E-state index contributed by atoms with van der Waals surface area (Å²) < 4.78 is 0. The molecule has 0 aliphatic rings. The molecule has 0 aromatic heterocycles. The Bertz CT molecular complexity index is 403. The molecule has 1 aromatic rings. The highest BCUT2D eigenvalue weighted by Gasteiger charge is 2.22. The first-order valence-electron chi connectivity index (χ1n) is 6.08. The lowest BCUT2D eigenvalue weighted by Gasteiger charge is -2.28. The van der Waals surface area contributed by atoms with Gasteiger partial charge < -0.3 is 5.73 Å². The van der Waals surface area contributed by atoms with Gasteiger partial charge in [0.05, 0.1) is 0 Å². The van der Waals surface area contributed by atoms with Crippen molar-refractivity contribution in [1.82, 2.24) is 0 Å². The summed E-state index contributed by atoms with van der Waals surface area (Å²) in [7, 11) is -0.264. The molecular weight excluding hydrogens is 227 g/mol. The molecule has 0 radical (unpaired) electrons. The topological polar surface area (TPSA) is 49.9 Å². The minimum Gasteiger partial charge on any atom is -0.384 e. The van der Waals surface area contributed by atoms with Crippen molar-refractivity contribution in [2.75, 3.05) is 0 Å². The number of rotatable bonds is 4. The van der Waals surface area contributed by atoms with E-state index < -0.39 is 0 Å². The van der Waals surface area contributed by atoms with Crippen LogP contribution in [0.15, 0.2) is 18.2 Å². The second-order valence-corrected chi connectivity index (χ2v) is 8.39. The molecule has 0 unspecified atom stereocenters. The summed E-state index contributed by atoms with van der Waals surface area (Å²) in [6, 6.07) is 6.24. The molecule has 0 saturated carbocycles. The normalized spacial score (nSPS) is 11.5. The van der Waals surface area contributed by atoms with E-state index in [9.17, 15) is 0 Å². The van der Waals surface area contributed by atoms with Crippen LogP contribution in [0.25, 0.3) is 0 Å². The Morgan fingerprint density at radius 1 is 1.18 bits per heavy atom. The zero-order valence-electron chi connectivity index (χ0n) is 11.4. The molecule has 0 aliphatic carbocycles. The smallest absolute Gasteiger partial charge is 0.123 e. The molecule has 1 aromatic carbocycles. The van der Waals surface area contributed by atoms with Crippen LogP contribution in [0, 0.1) is 12.3 Å². The van der Waals surface area contributed by atoms with E-state index in [1.54, 1.807) is 0 Å². The number of hydrogen-bond donors (Lipinski definition) is 2. The Kier molecular flexibility index (Phi) is 4.70. The highest BCUT2D eigenvalue weighted by Crippen LogP contribution is 2.45. The average molecular weight is 250 g/mol. The molecule has 17 heavy (non-hydrogen) atoms. The van der Waals surface area contributed by atoms with Crippen molar-refractivity contribution >= 4 is 19.1 Å². The minimum absolute atomic E-state index is 0.189. The zero-order valence-corrected chi connectivity index (χ0v) is 12.3. The molecule has 0 amide bonds. The Balaban J connectivity index is 3.34. The maximum atomic E-state index is 7.71. The third kappa shape index (κ3) is 3.29. The number of nitrogen functional groups attached to an aromatic ring is 1. The third-order valence-corrected chi connectivity index (χ3v) is 5.99. The van der Waals surface area contributed by atoms with E-state index in [1.807, 2.05) is 12.1 Å². The van der Waals surface area contributed by atoms with Crippen LogP contribution >= 0.6 is 7.92 Å². The summed E-state index contributed by atoms with van der Waals surface area (Å²) in [5, 5.41) is 9.00. The van der Waals surface area contributed by atoms with Crippen LogP contribution in [0.3, 0.4) is 0 Å². The van der Waals surface area contributed by atoms with Crippen LogP contribution in [0.5, 0.6) is 0 Å². The predicted octanol–water partition coefficient (Wildman–Crippen LogP) is 3.20. The van der Waals surface area contributed by atoms with Crippen molar-refractivity contribution in [2.24, 2.45) is 5.73 Å². The lowest BCUT2D eigenvalue weighted by molar-refractivity contribution is 1.02. The van der Waals surface area contributed by atoms with Gasteiger partial charge in [-0.2, -0.15) is 0 Å². The molecule has 2 nitrogen and oxygen atoms in total. The fourth-order valence-corrected chi connectivity index (χ4v) is 5.37. The highest BCUT2D eigenvalue weighted by molar-refractivity contribution is 7.67. The first-order chi connectivity index (χ1) is 7.84. The van der Waals surface area contributed by atoms with Crippen molar-refractivity contribution in [1.29, 1.82) is 5.41 Å². The predicted molar refractivity (Wildman–Crippen MR) is 79.0 cm³/mol. The average Bonchev–Trinajstić information content (AvgIpc) is 2.15. The highest BCUT2D eigenvalue weighted by atomic mass is 31.1. The number of amidine groups is 1. The third-order valence-electron chi connectivity index (χ3n) is 2.83. The van der Waals surface area contributed by atoms with Crippen LogP contribution in [0.2, 0.25) is 0 Å². The molecule has 0 bridgehead atoms. The molecule has 0 saturated heterocycles. The lowest BCUT2D eigenvalue weighted by Crippen LogP contribution is -2.25. The second kappa shape index (κ2) is 5.64. The summed E-state index contributed by atoms with van der Waals surface area (Å²) in [4.78, 5) is 0. The van der Waals surface area contributed by atoms with Crippen LogP contribution in [0.1, 0.15) is 38.8 Å². The maximum absolute atomic E-state index is 7.71. The van der Waals surface area contributed by atoms with Gasteiger partial charge in [0.25, 0.3) is 0 Å². The van der Waals surface area contributed by atoms with E-state index in [0.717, 1.165) is 5.56 Å². The van der Waals surface area contributed by atoms with Gasteiger partial charge in [-0.3, -0.25) is 5.41 Å². The Labute approximate surface area is 106 Å². The van der Waals surface area contributed by atoms with E-state index in [-0.39, 0.29) is 13.8 Å². The second-order valence-electron chi connectivity index (χ2n) is 5.03. The summed E-state index contributed by atoms with van der Waals surface area (Å²) in [6.07, 6.45) is 0. The Morgan fingerprint density at radius 2 is 1.71 bits per heavy atom. The molecule has 0 atom stereocenters. The summed E-state index contributed by atoms with van der Waals surface area (Å²) >= 11 is 0. The van der Waals surface area contributed by atoms with Crippen molar-refractivity contribution < 1.29 is 0 Å². The van der Waals surface area contributed by atoms with E-state index in [4.69, 9.17) is 11.1 Å². The SMILES string of the molecule is Cc1ccc(C(=N)N)c(P(C(C)C)C(C)C)c1. The van der Waals surface area contributed by atoms with Crippen LogP contribution in [-0.2, 0) is 0 Å². The van der Waals surface area contributed by atoms with Gasteiger partial charge in [0, 0.05) is 5.56 Å². The van der Waals surface area contributed by atoms with Gasteiger partial charge in [0.2, 0.25) is 0 Å². The number of hydrogen-bond acceptors (Lipinski definition) is 1. The summed E-state index contributed by atoms with van der Waals surface area (Å²) in [6.45, 7) is 11.1. The molecule has 3 heteroatoms. The monoisotopic (exact) mass is 250 g/mol. The van der Waals surface area contributed by atoms with E-state index in [1.165, 1.54) is 10.9 Å². The fourth-order valence-electron chi connectivity index (χ4n) is 2.24. The van der Waals surface area contributed by atoms with Crippen LogP contribution < -0.4 is 11.0 Å². The molecule has 1 rings (SSSR count). The molecular formula is C14H23N2P. The van der Waals surface area contributed by atoms with E-state index in [0.29, 0.717) is 11.3 Å². The van der Waals surface area contributed by atoms with Gasteiger partial charge in [0.15, 0.2) is 0 Å². The number of nitrogens with two attached hydrogens (primary N) is 1. The number of nitrogens with one attached hydrogen (secondary N) is 1. The van der Waals surface area contributed by atoms with Crippen molar-refractivity contribution in [3.8, 4) is 0 Å². The molecule has 3 N–H and O–H groups in total. The van der Waals surface area contributed by atoms with Gasteiger partial charge >= 0.3 is 0 Å². The van der Waals surface area contributed by atoms with Crippen molar-refractivity contribution in [2.45, 2.75) is 45.9 Å². The number of aryl methyl sites for hydroxylation is 1. The Hall–Kier alpha value is -0.880. The lowest BCUT2D eigenvalue weighted by atomic mass is 10.1. The number of benzene rings is 1. The molecule has 0 fully saturated rings. The minimum atomic E-state index is -0.264. The van der Waals surface area contributed by atoms with Gasteiger partial charge in [-0.05, 0) is 23.5 Å². The van der Waals surface area contributed by atoms with Gasteiger partial charge in [-0.1, -0.05) is 59.4 Å². The van der Waals surface area contributed by atoms with Gasteiger partial charge in [-0.15, -0.1) is 0 Å². The first kappa shape index (κ1) is 14.2. The van der Waals surface area contributed by atoms with Crippen molar-refractivity contribution in [3.05, 3.63) is 29.3 Å². The molecule has 94 valence electrons. The zero-order chi connectivity index (χ0) is 13.2. The van der Waals surface area contributed by atoms with E-state index in [2.05, 4.69) is 40.7 Å². The van der Waals surface area contributed by atoms with Gasteiger partial charge in [-0.25, -0.2) is 0 Å². The fraction of sp³-hybridized carbons (Fsp3) is 0.500. The molecule has 0 spiro atoms. The Morgan fingerprint density at radius 3 is 2.12 bits per heavy atom. The van der Waals surface area contributed by atoms with Crippen molar-refractivity contribution in [3.63, 3.8) is 0 Å². The molecule has 0 heterocycles. The largest absolute Gasteiger partial charge is 0.384 e. The van der Waals surface area contributed by atoms with Crippen LogP contribution in [-0.4, -0.2) is 17.2 Å². The standard InChI is InChI=1S/C14H23N2P/c1-9(2)17(10(3)4)13-8-11(5)6-7-12(13)14(15)16/h6-10H,1-5H3,(H3,15,16). The first-order valence-corrected chi connectivity index (χ1v) is 7.56. The van der Waals surface area contributed by atoms with Crippen LogP contribution in [0.4, 0.5) is 0 Å². The maximum Gasteiger partial charge on any atom is 0.123 e.